The van der Waals surface area contributed by atoms with Crippen molar-refractivity contribution in [3.63, 3.8) is 0 Å². The van der Waals surface area contributed by atoms with Gasteiger partial charge in [-0.25, -0.2) is 0 Å². The SMILES string of the molecule is CC(C)c1ccc(C(C)(N)c2ccccc2Br)cc1. The summed E-state index contributed by atoms with van der Waals surface area (Å²) in [7, 11) is 0. The van der Waals surface area contributed by atoms with Crippen LogP contribution < -0.4 is 5.73 Å². The molecule has 0 radical (unpaired) electrons. The molecule has 0 saturated carbocycles. The summed E-state index contributed by atoms with van der Waals surface area (Å²) in [6.07, 6.45) is 0. The minimum Gasteiger partial charge on any atom is -0.318 e. The van der Waals surface area contributed by atoms with Gasteiger partial charge in [0, 0.05) is 4.47 Å². The Labute approximate surface area is 124 Å². The van der Waals surface area contributed by atoms with E-state index < -0.39 is 5.54 Å². The smallest absolute Gasteiger partial charge is 0.0647 e. The van der Waals surface area contributed by atoms with Crippen LogP contribution in [0.1, 0.15) is 43.4 Å². The maximum atomic E-state index is 6.56. The van der Waals surface area contributed by atoms with Gasteiger partial charge in [-0.15, -0.1) is 0 Å². The van der Waals surface area contributed by atoms with Crippen molar-refractivity contribution in [3.8, 4) is 0 Å². The van der Waals surface area contributed by atoms with E-state index in [1.165, 1.54) is 5.56 Å². The molecule has 0 amide bonds. The molecule has 100 valence electrons. The lowest BCUT2D eigenvalue weighted by molar-refractivity contribution is 0.599. The van der Waals surface area contributed by atoms with Crippen LogP contribution in [0.15, 0.2) is 53.0 Å². The lowest BCUT2D eigenvalue weighted by Crippen LogP contribution is -2.34. The monoisotopic (exact) mass is 317 g/mol. The molecule has 0 bridgehead atoms. The summed E-state index contributed by atoms with van der Waals surface area (Å²) in [6.45, 7) is 6.45. The third-order valence-electron chi connectivity index (χ3n) is 3.61. The summed E-state index contributed by atoms with van der Waals surface area (Å²) < 4.78 is 1.05. The van der Waals surface area contributed by atoms with E-state index >= 15 is 0 Å². The molecular formula is C17H20BrN. The fourth-order valence-corrected chi connectivity index (χ4v) is 2.95. The van der Waals surface area contributed by atoms with Crippen LogP contribution in [0.5, 0.6) is 0 Å². The molecule has 0 aliphatic carbocycles. The molecule has 0 aromatic heterocycles. The molecule has 0 aliphatic heterocycles. The first-order chi connectivity index (χ1) is 8.93. The molecule has 0 fully saturated rings. The van der Waals surface area contributed by atoms with Crippen molar-refractivity contribution in [1.82, 2.24) is 0 Å². The lowest BCUT2D eigenvalue weighted by Gasteiger charge is -2.27. The normalized spacial score (nSPS) is 14.4. The Hall–Kier alpha value is -1.12. The second kappa shape index (κ2) is 5.48. The molecule has 0 saturated heterocycles. The van der Waals surface area contributed by atoms with Crippen LogP contribution >= 0.6 is 15.9 Å². The van der Waals surface area contributed by atoms with E-state index in [0.717, 1.165) is 15.6 Å². The highest BCUT2D eigenvalue weighted by molar-refractivity contribution is 9.10. The molecule has 1 nitrogen and oxygen atoms in total. The molecular weight excluding hydrogens is 298 g/mol. The molecule has 0 aliphatic rings. The van der Waals surface area contributed by atoms with Crippen molar-refractivity contribution in [2.75, 3.05) is 0 Å². The average molecular weight is 318 g/mol. The Morgan fingerprint density at radius 1 is 1.00 bits per heavy atom. The molecule has 2 heteroatoms. The third kappa shape index (κ3) is 2.90. The summed E-state index contributed by atoms with van der Waals surface area (Å²) in [6, 6.07) is 16.7. The van der Waals surface area contributed by atoms with Gasteiger partial charge in [-0.1, -0.05) is 72.2 Å². The fourth-order valence-electron chi connectivity index (χ4n) is 2.25. The van der Waals surface area contributed by atoms with Crippen molar-refractivity contribution in [2.24, 2.45) is 5.73 Å². The van der Waals surface area contributed by atoms with Crippen LogP contribution in [0.3, 0.4) is 0 Å². The Balaban J connectivity index is 2.42. The molecule has 19 heavy (non-hydrogen) atoms. The van der Waals surface area contributed by atoms with Crippen molar-refractivity contribution >= 4 is 15.9 Å². The number of benzene rings is 2. The van der Waals surface area contributed by atoms with Crippen LogP contribution in [0.4, 0.5) is 0 Å². The summed E-state index contributed by atoms with van der Waals surface area (Å²) in [5, 5.41) is 0. The minimum absolute atomic E-state index is 0.490. The van der Waals surface area contributed by atoms with Crippen LogP contribution in [0.25, 0.3) is 0 Å². The van der Waals surface area contributed by atoms with E-state index in [0.29, 0.717) is 5.92 Å². The van der Waals surface area contributed by atoms with Crippen LogP contribution in [0.2, 0.25) is 0 Å². The van der Waals surface area contributed by atoms with Crippen LogP contribution in [-0.4, -0.2) is 0 Å². The quantitative estimate of drug-likeness (QED) is 0.865. The van der Waals surface area contributed by atoms with Gasteiger partial charge in [0.1, 0.15) is 0 Å². The second-order valence-corrected chi connectivity index (χ2v) is 6.31. The fraction of sp³-hybridized carbons (Fsp3) is 0.294. The second-order valence-electron chi connectivity index (χ2n) is 5.46. The Morgan fingerprint density at radius 2 is 1.58 bits per heavy atom. The Kier molecular flexibility index (Phi) is 4.12. The zero-order valence-corrected chi connectivity index (χ0v) is 13.2. The molecule has 0 spiro atoms. The maximum Gasteiger partial charge on any atom is 0.0647 e. The molecule has 2 aromatic rings. The van der Waals surface area contributed by atoms with E-state index in [9.17, 15) is 0 Å². The number of nitrogens with two attached hydrogens (primary N) is 1. The Bertz CT molecular complexity index is 556. The molecule has 2 rings (SSSR count). The largest absolute Gasteiger partial charge is 0.318 e. The standard InChI is InChI=1S/C17H20BrN/c1-12(2)13-8-10-14(11-9-13)17(3,19)15-6-4-5-7-16(15)18/h4-12H,19H2,1-3H3. The van der Waals surface area contributed by atoms with Crippen molar-refractivity contribution < 1.29 is 0 Å². The van der Waals surface area contributed by atoms with Gasteiger partial charge >= 0.3 is 0 Å². The number of hydrogen-bond donors (Lipinski definition) is 1. The van der Waals surface area contributed by atoms with E-state index in [2.05, 4.69) is 67.0 Å². The zero-order valence-electron chi connectivity index (χ0n) is 11.7. The van der Waals surface area contributed by atoms with Gasteiger partial charge in [0.05, 0.1) is 5.54 Å². The van der Waals surface area contributed by atoms with Gasteiger partial charge < -0.3 is 5.73 Å². The summed E-state index contributed by atoms with van der Waals surface area (Å²) in [4.78, 5) is 0. The molecule has 0 heterocycles. The van der Waals surface area contributed by atoms with Crippen molar-refractivity contribution in [1.29, 1.82) is 0 Å². The first kappa shape index (κ1) is 14.3. The first-order valence-corrected chi connectivity index (χ1v) is 7.36. The number of rotatable bonds is 3. The molecule has 1 atom stereocenters. The lowest BCUT2D eigenvalue weighted by atomic mass is 9.85. The summed E-state index contributed by atoms with van der Waals surface area (Å²) in [5.74, 6) is 0.543. The minimum atomic E-state index is -0.490. The highest BCUT2D eigenvalue weighted by atomic mass is 79.9. The van der Waals surface area contributed by atoms with Crippen molar-refractivity contribution in [3.05, 3.63) is 69.7 Å². The first-order valence-electron chi connectivity index (χ1n) is 6.57. The molecule has 2 aromatic carbocycles. The van der Waals surface area contributed by atoms with Crippen LogP contribution in [-0.2, 0) is 5.54 Å². The highest BCUT2D eigenvalue weighted by Crippen LogP contribution is 2.32. The highest BCUT2D eigenvalue weighted by Gasteiger charge is 2.25. The average Bonchev–Trinajstić information content (AvgIpc) is 2.39. The number of halogens is 1. The zero-order chi connectivity index (χ0) is 14.0. The van der Waals surface area contributed by atoms with Crippen LogP contribution in [0, 0.1) is 0 Å². The summed E-state index contributed by atoms with van der Waals surface area (Å²) >= 11 is 3.59. The third-order valence-corrected chi connectivity index (χ3v) is 4.30. The predicted molar refractivity (Wildman–Crippen MR) is 85.3 cm³/mol. The van der Waals surface area contributed by atoms with Gasteiger partial charge in [0.25, 0.3) is 0 Å². The molecule has 2 N–H and O–H groups in total. The molecule has 1 unspecified atom stereocenters. The van der Waals surface area contributed by atoms with Gasteiger partial charge in [0.15, 0.2) is 0 Å². The van der Waals surface area contributed by atoms with E-state index in [4.69, 9.17) is 5.73 Å². The van der Waals surface area contributed by atoms with Gasteiger partial charge in [-0.2, -0.15) is 0 Å². The van der Waals surface area contributed by atoms with Crippen molar-refractivity contribution in [2.45, 2.75) is 32.2 Å². The Morgan fingerprint density at radius 3 is 2.11 bits per heavy atom. The van der Waals surface area contributed by atoms with Gasteiger partial charge in [-0.3, -0.25) is 0 Å². The van der Waals surface area contributed by atoms with Gasteiger partial charge in [0.2, 0.25) is 0 Å². The van der Waals surface area contributed by atoms with E-state index in [1.807, 2.05) is 18.2 Å². The summed E-state index contributed by atoms with van der Waals surface area (Å²) in [5.41, 5.74) is 9.64. The van der Waals surface area contributed by atoms with E-state index in [-0.39, 0.29) is 0 Å². The number of hydrogen-bond acceptors (Lipinski definition) is 1. The van der Waals surface area contributed by atoms with Gasteiger partial charge in [-0.05, 0) is 35.6 Å². The predicted octanol–water partition coefficient (Wildman–Crippen LogP) is 4.79. The maximum absolute atomic E-state index is 6.56. The topological polar surface area (TPSA) is 26.0 Å². The van der Waals surface area contributed by atoms with E-state index in [1.54, 1.807) is 0 Å².